The normalized spacial score (nSPS) is 16.8. The summed E-state index contributed by atoms with van der Waals surface area (Å²) in [6.45, 7) is 2.95. The Kier molecular flexibility index (Phi) is 3.05. The van der Waals surface area contributed by atoms with E-state index in [0.717, 1.165) is 12.8 Å². The molecular formula is C11H17NO4S. The van der Waals surface area contributed by atoms with Crippen LogP contribution in [0.15, 0.2) is 9.31 Å². The summed E-state index contributed by atoms with van der Waals surface area (Å²) >= 11 is 0. The molecular weight excluding hydrogens is 242 g/mol. The van der Waals surface area contributed by atoms with Gasteiger partial charge in [-0.25, -0.2) is 8.42 Å². The fraction of sp³-hybridized carbons (Fsp3) is 0.636. The van der Waals surface area contributed by atoms with E-state index in [4.69, 9.17) is 4.42 Å². The van der Waals surface area contributed by atoms with Crippen molar-refractivity contribution in [3.63, 3.8) is 0 Å². The van der Waals surface area contributed by atoms with Gasteiger partial charge >= 0.3 is 0 Å². The van der Waals surface area contributed by atoms with Crippen LogP contribution in [0.4, 0.5) is 0 Å². The highest BCUT2D eigenvalue weighted by atomic mass is 32.2. The second-order valence-corrected chi connectivity index (χ2v) is 6.37. The number of nitrogens with zero attached hydrogens (tertiary/aromatic N) is 1. The number of rotatable bonds is 4. The Hall–Kier alpha value is -0.850. The molecule has 0 aromatic carbocycles. The zero-order valence-corrected chi connectivity index (χ0v) is 11.0. The molecule has 0 aliphatic heterocycles. The highest BCUT2D eigenvalue weighted by Gasteiger charge is 2.38. The van der Waals surface area contributed by atoms with Gasteiger partial charge in [-0.1, -0.05) is 0 Å². The first-order valence-corrected chi connectivity index (χ1v) is 7.01. The molecule has 0 amide bonds. The first kappa shape index (κ1) is 12.6. The van der Waals surface area contributed by atoms with Crippen LogP contribution in [0.1, 0.15) is 29.9 Å². The lowest BCUT2D eigenvalue weighted by atomic mass is 10.2. The van der Waals surface area contributed by atoms with Gasteiger partial charge in [-0.05, 0) is 26.7 Å². The van der Waals surface area contributed by atoms with Gasteiger partial charge in [0.2, 0.25) is 10.0 Å². The van der Waals surface area contributed by atoms with Gasteiger partial charge < -0.3 is 9.52 Å². The summed E-state index contributed by atoms with van der Waals surface area (Å²) in [5.41, 5.74) is 0.370. The van der Waals surface area contributed by atoms with Crippen molar-refractivity contribution in [2.45, 2.75) is 44.2 Å². The Morgan fingerprint density at radius 3 is 2.41 bits per heavy atom. The summed E-state index contributed by atoms with van der Waals surface area (Å²) < 4.78 is 31.5. The minimum absolute atomic E-state index is 0.0983. The first-order chi connectivity index (χ1) is 7.89. The van der Waals surface area contributed by atoms with Crippen molar-refractivity contribution >= 4 is 10.0 Å². The molecule has 1 N–H and O–H groups in total. The van der Waals surface area contributed by atoms with Gasteiger partial charge in [0.1, 0.15) is 16.4 Å². The number of hydrogen-bond acceptors (Lipinski definition) is 4. The number of aliphatic hydroxyl groups is 1. The van der Waals surface area contributed by atoms with Crippen LogP contribution in [-0.4, -0.2) is 30.9 Å². The van der Waals surface area contributed by atoms with Crippen molar-refractivity contribution in [1.82, 2.24) is 4.31 Å². The van der Waals surface area contributed by atoms with Crippen molar-refractivity contribution in [1.29, 1.82) is 0 Å². The molecule has 1 saturated carbocycles. The molecule has 1 aliphatic carbocycles. The largest absolute Gasteiger partial charge is 0.465 e. The smallest absolute Gasteiger partial charge is 0.246 e. The third-order valence-electron chi connectivity index (χ3n) is 3.18. The van der Waals surface area contributed by atoms with E-state index in [1.807, 2.05) is 0 Å². The van der Waals surface area contributed by atoms with Crippen molar-refractivity contribution in [3.8, 4) is 0 Å². The summed E-state index contributed by atoms with van der Waals surface area (Å²) in [4.78, 5) is 0.131. The van der Waals surface area contributed by atoms with E-state index in [1.165, 1.54) is 4.31 Å². The average Bonchev–Trinajstić information content (AvgIpc) is 3.03. The molecule has 1 aromatic heterocycles. The van der Waals surface area contributed by atoms with Gasteiger partial charge in [-0.15, -0.1) is 0 Å². The molecule has 0 radical (unpaired) electrons. The second kappa shape index (κ2) is 4.12. The lowest BCUT2D eigenvalue weighted by Crippen LogP contribution is -2.29. The predicted molar refractivity (Wildman–Crippen MR) is 62.1 cm³/mol. The van der Waals surface area contributed by atoms with Crippen LogP contribution in [0, 0.1) is 13.8 Å². The van der Waals surface area contributed by atoms with Crippen LogP contribution in [0.3, 0.4) is 0 Å². The molecule has 17 heavy (non-hydrogen) atoms. The molecule has 1 aromatic rings. The fourth-order valence-corrected chi connectivity index (χ4v) is 3.82. The Bertz CT molecular complexity index is 528. The van der Waals surface area contributed by atoms with Crippen molar-refractivity contribution in [2.24, 2.45) is 0 Å². The summed E-state index contributed by atoms with van der Waals surface area (Å²) in [5.74, 6) is 0.812. The highest BCUT2D eigenvalue weighted by molar-refractivity contribution is 7.89. The van der Waals surface area contributed by atoms with Gasteiger partial charge in [-0.3, -0.25) is 0 Å². The molecule has 0 bridgehead atoms. The monoisotopic (exact) mass is 259 g/mol. The standard InChI is InChI=1S/C11H17NO4S/c1-7-10(6-13)11(8(2)16-7)17(14,15)12(3)9-4-5-9/h9,13H,4-6H2,1-3H3. The molecule has 0 saturated heterocycles. The van der Waals surface area contributed by atoms with Crippen molar-refractivity contribution < 1.29 is 17.9 Å². The SMILES string of the molecule is Cc1oc(C)c(S(=O)(=O)N(C)C2CC2)c1CO. The van der Waals surface area contributed by atoms with Crippen LogP contribution in [-0.2, 0) is 16.6 Å². The third kappa shape index (κ3) is 2.00. The average molecular weight is 259 g/mol. The molecule has 2 rings (SSSR count). The Balaban J connectivity index is 2.52. The molecule has 0 spiro atoms. The van der Waals surface area contributed by atoms with Gasteiger partial charge in [0, 0.05) is 18.7 Å². The molecule has 5 nitrogen and oxygen atoms in total. The summed E-state index contributed by atoms with van der Waals surface area (Å²) in [7, 11) is -1.97. The molecule has 0 unspecified atom stereocenters. The number of aryl methyl sites for hydroxylation is 2. The molecule has 1 aliphatic rings. The minimum atomic E-state index is -3.55. The lowest BCUT2D eigenvalue weighted by Gasteiger charge is -2.16. The van der Waals surface area contributed by atoms with E-state index < -0.39 is 10.0 Å². The van der Waals surface area contributed by atoms with Crippen LogP contribution in [0.2, 0.25) is 0 Å². The van der Waals surface area contributed by atoms with Gasteiger partial charge in [-0.2, -0.15) is 4.31 Å². The van der Waals surface area contributed by atoms with Crippen LogP contribution in [0.5, 0.6) is 0 Å². The maximum absolute atomic E-state index is 12.4. The third-order valence-corrected chi connectivity index (χ3v) is 5.29. The molecule has 0 atom stereocenters. The van der Waals surface area contributed by atoms with Crippen molar-refractivity contribution in [2.75, 3.05) is 7.05 Å². The van der Waals surface area contributed by atoms with Gasteiger partial charge in [0.05, 0.1) is 6.61 Å². The topological polar surface area (TPSA) is 70.8 Å². The lowest BCUT2D eigenvalue weighted by molar-refractivity contribution is 0.276. The van der Waals surface area contributed by atoms with Gasteiger partial charge in [0.25, 0.3) is 0 Å². The van der Waals surface area contributed by atoms with E-state index >= 15 is 0 Å². The number of furan rings is 1. The number of aliphatic hydroxyl groups excluding tert-OH is 1. The molecule has 6 heteroatoms. The summed E-state index contributed by atoms with van der Waals surface area (Å²) in [6.07, 6.45) is 1.81. The molecule has 96 valence electrons. The molecule has 1 fully saturated rings. The second-order valence-electron chi connectivity index (χ2n) is 4.43. The van der Waals surface area contributed by atoms with Crippen LogP contribution < -0.4 is 0 Å². The van der Waals surface area contributed by atoms with Gasteiger partial charge in [0.15, 0.2) is 0 Å². The van der Waals surface area contributed by atoms with E-state index in [9.17, 15) is 13.5 Å². The Labute approximate surface area is 101 Å². The summed E-state index contributed by atoms with van der Waals surface area (Å²) in [6, 6.07) is 0.0983. The predicted octanol–water partition coefficient (Wildman–Crippen LogP) is 1.17. The molecule has 1 heterocycles. The van der Waals surface area contributed by atoms with Crippen LogP contribution in [0.25, 0.3) is 0 Å². The van der Waals surface area contributed by atoms with E-state index in [2.05, 4.69) is 0 Å². The van der Waals surface area contributed by atoms with E-state index in [-0.39, 0.29) is 17.5 Å². The minimum Gasteiger partial charge on any atom is -0.465 e. The maximum Gasteiger partial charge on any atom is 0.246 e. The van der Waals surface area contributed by atoms with Crippen molar-refractivity contribution in [3.05, 3.63) is 17.1 Å². The Morgan fingerprint density at radius 1 is 1.35 bits per heavy atom. The zero-order chi connectivity index (χ0) is 12.8. The quantitative estimate of drug-likeness (QED) is 0.881. The maximum atomic E-state index is 12.4. The highest BCUT2D eigenvalue weighted by Crippen LogP contribution is 2.34. The first-order valence-electron chi connectivity index (χ1n) is 5.57. The zero-order valence-electron chi connectivity index (χ0n) is 10.2. The number of hydrogen-bond donors (Lipinski definition) is 1. The van der Waals surface area contributed by atoms with E-state index in [0.29, 0.717) is 17.1 Å². The Morgan fingerprint density at radius 2 is 1.94 bits per heavy atom. The summed E-state index contributed by atoms with van der Waals surface area (Å²) in [5, 5.41) is 9.27. The van der Waals surface area contributed by atoms with E-state index in [1.54, 1.807) is 20.9 Å². The number of sulfonamides is 1. The van der Waals surface area contributed by atoms with Crippen LogP contribution >= 0.6 is 0 Å². The fourth-order valence-electron chi connectivity index (χ4n) is 2.01.